The molecule has 3 heterocycles. The number of nitrogens with zero attached hydrogens (tertiary/aromatic N) is 3. The van der Waals surface area contributed by atoms with Crippen LogP contribution in [0.15, 0.2) is 18.3 Å². The Hall–Kier alpha value is -1.33. The number of fused-ring (bicyclic) bond motifs is 1. The molecule has 0 radical (unpaired) electrons. The predicted octanol–water partition coefficient (Wildman–Crippen LogP) is 1.82. The number of imidazole rings is 1. The van der Waals surface area contributed by atoms with Crippen LogP contribution in [-0.2, 0) is 0 Å². The smallest absolute Gasteiger partial charge is 0.205 e. The molecule has 1 aliphatic rings. The number of hydrogen-bond donors (Lipinski definition) is 2. The molecule has 1 atom stereocenters. The monoisotopic (exact) mass is 281 g/mol. The van der Waals surface area contributed by atoms with Gasteiger partial charge in [0.1, 0.15) is 0 Å². The van der Waals surface area contributed by atoms with Gasteiger partial charge in [-0.3, -0.25) is 0 Å². The normalized spacial score (nSPS) is 19.1. The highest BCUT2D eigenvalue weighted by molar-refractivity contribution is 5.85. The van der Waals surface area contributed by atoms with Crippen molar-refractivity contribution in [3.8, 4) is 0 Å². The van der Waals surface area contributed by atoms with E-state index in [9.17, 15) is 0 Å². The van der Waals surface area contributed by atoms with Gasteiger partial charge in [-0.1, -0.05) is 0 Å². The van der Waals surface area contributed by atoms with Gasteiger partial charge in [-0.25, -0.2) is 4.98 Å². The molecule has 5 nitrogen and oxygen atoms in total. The van der Waals surface area contributed by atoms with Gasteiger partial charge in [0.2, 0.25) is 5.95 Å². The van der Waals surface area contributed by atoms with Gasteiger partial charge in [0.25, 0.3) is 0 Å². The number of pyridine rings is 1. The fraction of sp³-hybridized carbons (Fsp3) is 0.538. The molecule has 1 aliphatic heterocycles. The molecule has 1 unspecified atom stereocenters. The van der Waals surface area contributed by atoms with Gasteiger partial charge in [-0.2, -0.15) is 4.98 Å². The first-order valence-electron chi connectivity index (χ1n) is 6.55. The largest absolute Gasteiger partial charge is 0.345 e. The Kier molecular flexibility index (Phi) is 4.61. The number of piperidine rings is 1. The molecule has 3 rings (SSSR count). The molecule has 0 saturated carbocycles. The number of anilines is 1. The van der Waals surface area contributed by atoms with Crippen molar-refractivity contribution >= 4 is 29.5 Å². The number of halogens is 1. The summed E-state index contributed by atoms with van der Waals surface area (Å²) >= 11 is 0. The van der Waals surface area contributed by atoms with Crippen molar-refractivity contribution in [2.45, 2.75) is 12.8 Å². The van der Waals surface area contributed by atoms with Crippen LogP contribution in [0.5, 0.6) is 0 Å². The Morgan fingerprint density at radius 3 is 3.11 bits per heavy atom. The molecule has 0 aromatic carbocycles. The molecule has 104 valence electrons. The molecule has 0 bridgehead atoms. The van der Waals surface area contributed by atoms with E-state index in [2.05, 4.69) is 32.2 Å². The fourth-order valence-electron chi connectivity index (χ4n) is 2.57. The summed E-state index contributed by atoms with van der Waals surface area (Å²) in [6.45, 7) is 3.31. The molecule has 6 heteroatoms. The maximum absolute atomic E-state index is 4.52. The average molecular weight is 282 g/mol. The average Bonchev–Trinajstić information content (AvgIpc) is 2.84. The second-order valence-corrected chi connectivity index (χ2v) is 5.03. The lowest BCUT2D eigenvalue weighted by Gasteiger charge is -2.27. The second-order valence-electron chi connectivity index (χ2n) is 5.03. The molecule has 19 heavy (non-hydrogen) atoms. The van der Waals surface area contributed by atoms with Crippen LogP contribution in [-0.4, -0.2) is 41.6 Å². The van der Waals surface area contributed by atoms with Gasteiger partial charge in [0.05, 0.1) is 5.52 Å². The fourth-order valence-corrected chi connectivity index (χ4v) is 2.57. The number of hydrogen-bond acceptors (Lipinski definition) is 4. The highest BCUT2D eigenvalue weighted by Gasteiger charge is 2.16. The number of nitrogens with one attached hydrogen (secondary N) is 2. The van der Waals surface area contributed by atoms with E-state index in [4.69, 9.17) is 0 Å². The topological polar surface area (TPSA) is 56.8 Å². The number of aromatic nitrogens is 3. The number of H-pyrrole nitrogens is 1. The predicted molar refractivity (Wildman–Crippen MR) is 80.0 cm³/mol. The zero-order chi connectivity index (χ0) is 12.4. The van der Waals surface area contributed by atoms with Gasteiger partial charge >= 0.3 is 0 Å². The van der Waals surface area contributed by atoms with E-state index in [1.165, 1.54) is 12.8 Å². The number of aromatic amines is 1. The SMILES string of the molecule is CN(CC1CCCNC1)c1nc2ncccc2[nH]1.Cl. The minimum absolute atomic E-state index is 0. The summed E-state index contributed by atoms with van der Waals surface area (Å²) in [5.41, 5.74) is 1.79. The standard InChI is InChI=1S/C13H19N5.ClH/c1-18(9-10-4-2-6-14-8-10)13-16-11-5-3-7-15-12(11)17-13;/h3,5,7,10,14H,2,4,6,8-9H2,1H3,(H,15,16,17);1H. The van der Waals surface area contributed by atoms with Crippen molar-refractivity contribution in [2.24, 2.45) is 5.92 Å². The first-order valence-corrected chi connectivity index (χ1v) is 6.55. The van der Waals surface area contributed by atoms with Gasteiger partial charge in [0.15, 0.2) is 5.65 Å². The molecule has 1 saturated heterocycles. The van der Waals surface area contributed by atoms with Crippen LogP contribution in [0.1, 0.15) is 12.8 Å². The minimum atomic E-state index is 0. The van der Waals surface area contributed by atoms with E-state index in [-0.39, 0.29) is 12.4 Å². The molecule has 2 N–H and O–H groups in total. The Balaban J connectivity index is 0.00000133. The molecule has 0 amide bonds. The molecule has 0 spiro atoms. The van der Waals surface area contributed by atoms with Crippen LogP contribution in [0.3, 0.4) is 0 Å². The molecule has 0 aliphatic carbocycles. The third-order valence-corrected chi connectivity index (χ3v) is 3.54. The Labute approximate surface area is 119 Å². The summed E-state index contributed by atoms with van der Waals surface area (Å²) in [4.78, 5) is 14.3. The van der Waals surface area contributed by atoms with Crippen LogP contribution >= 0.6 is 12.4 Å². The third-order valence-electron chi connectivity index (χ3n) is 3.54. The van der Waals surface area contributed by atoms with E-state index >= 15 is 0 Å². The van der Waals surface area contributed by atoms with Crippen LogP contribution in [0.2, 0.25) is 0 Å². The third kappa shape index (κ3) is 3.16. The highest BCUT2D eigenvalue weighted by Crippen LogP contribution is 2.17. The van der Waals surface area contributed by atoms with E-state index in [1.54, 1.807) is 6.20 Å². The Morgan fingerprint density at radius 2 is 2.37 bits per heavy atom. The van der Waals surface area contributed by atoms with Crippen molar-refractivity contribution in [2.75, 3.05) is 31.6 Å². The second kappa shape index (κ2) is 6.21. The van der Waals surface area contributed by atoms with Crippen LogP contribution in [0, 0.1) is 5.92 Å². The first kappa shape index (κ1) is 14.1. The van der Waals surface area contributed by atoms with Crippen molar-refractivity contribution in [3.63, 3.8) is 0 Å². The minimum Gasteiger partial charge on any atom is -0.345 e. The lowest BCUT2D eigenvalue weighted by molar-refractivity contribution is 0.380. The first-order chi connectivity index (χ1) is 8.83. The van der Waals surface area contributed by atoms with Crippen LogP contribution < -0.4 is 10.2 Å². The van der Waals surface area contributed by atoms with E-state index in [0.717, 1.165) is 36.7 Å². The lowest BCUT2D eigenvalue weighted by Crippen LogP contribution is -2.37. The summed E-state index contributed by atoms with van der Waals surface area (Å²) in [6, 6.07) is 3.93. The summed E-state index contributed by atoms with van der Waals surface area (Å²) in [5.74, 6) is 1.62. The van der Waals surface area contributed by atoms with Crippen molar-refractivity contribution < 1.29 is 0 Å². The van der Waals surface area contributed by atoms with Crippen molar-refractivity contribution in [1.82, 2.24) is 20.3 Å². The summed E-state index contributed by atoms with van der Waals surface area (Å²) in [5, 5.41) is 3.45. The molecular weight excluding hydrogens is 262 g/mol. The van der Waals surface area contributed by atoms with Crippen molar-refractivity contribution in [1.29, 1.82) is 0 Å². The zero-order valence-electron chi connectivity index (χ0n) is 11.1. The molecule has 2 aromatic rings. The molecule has 1 fully saturated rings. The Bertz CT molecular complexity index is 487. The molecular formula is C13H20ClN5. The quantitative estimate of drug-likeness (QED) is 0.901. The van der Waals surface area contributed by atoms with E-state index in [0.29, 0.717) is 5.92 Å². The zero-order valence-corrected chi connectivity index (χ0v) is 11.9. The van der Waals surface area contributed by atoms with Gasteiger partial charge in [-0.05, 0) is 44.0 Å². The molecule has 2 aromatic heterocycles. The maximum Gasteiger partial charge on any atom is 0.205 e. The Morgan fingerprint density at radius 1 is 1.47 bits per heavy atom. The van der Waals surface area contributed by atoms with Crippen molar-refractivity contribution in [3.05, 3.63) is 18.3 Å². The van der Waals surface area contributed by atoms with Crippen LogP contribution in [0.25, 0.3) is 11.2 Å². The van der Waals surface area contributed by atoms with E-state index < -0.39 is 0 Å². The summed E-state index contributed by atoms with van der Waals surface area (Å²) in [7, 11) is 2.09. The van der Waals surface area contributed by atoms with Gasteiger partial charge < -0.3 is 15.2 Å². The van der Waals surface area contributed by atoms with Gasteiger partial charge in [0, 0.05) is 19.8 Å². The van der Waals surface area contributed by atoms with E-state index in [1.807, 2.05) is 12.1 Å². The van der Waals surface area contributed by atoms with Gasteiger partial charge in [-0.15, -0.1) is 12.4 Å². The summed E-state index contributed by atoms with van der Waals surface area (Å²) in [6.07, 6.45) is 4.36. The van der Waals surface area contributed by atoms with Crippen LogP contribution in [0.4, 0.5) is 5.95 Å². The number of rotatable bonds is 3. The lowest BCUT2D eigenvalue weighted by atomic mass is 9.99. The maximum atomic E-state index is 4.52. The highest BCUT2D eigenvalue weighted by atomic mass is 35.5. The summed E-state index contributed by atoms with van der Waals surface area (Å²) < 4.78 is 0.